The summed E-state index contributed by atoms with van der Waals surface area (Å²) in [5.41, 5.74) is 0. The van der Waals surface area contributed by atoms with Gasteiger partial charge in [0, 0.05) is 32.8 Å². The largest absolute Gasteiger partial charge is 0.385 e. The zero-order valence-corrected chi connectivity index (χ0v) is 10.9. The number of hydrogen-bond acceptors (Lipinski definition) is 3. The first-order valence-corrected chi connectivity index (χ1v) is 6.16. The van der Waals surface area contributed by atoms with Crippen LogP contribution in [0, 0.1) is 0 Å². The number of nitrogens with one attached hydrogen (secondary N) is 1. The molecule has 0 saturated heterocycles. The summed E-state index contributed by atoms with van der Waals surface area (Å²) in [7, 11) is 3.97. The van der Waals surface area contributed by atoms with Crippen LogP contribution in [0.2, 0.25) is 0 Å². The molecule has 0 aromatic heterocycles. The molecule has 0 amide bonds. The van der Waals surface area contributed by atoms with Crippen molar-refractivity contribution < 1.29 is 4.74 Å². The molecule has 15 heavy (non-hydrogen) atoms. The third kappa shape index (κ3) is 7.77. The van der Waals surface area contributed by atoms with E-state index in [1.807, 2.05) is 0 Å². The van der Waals surface area contributed by atoms with Crippen LogP contribution >= 0.6 is 0 Å². The predicted octanol–water partition coefficient (Wildman–Crippen LogP) is 1.73. The Kier molecular flexibility index (Phi) is 10.3. The maximum absolute atomic E-state index is 4.99. The summed E-state index contributed by atoms with van der Waals surface area (Å²) in [6.45, 7) is 8.66. The van der Waals surface area contributed by atoms with E-state index < -0.39 is 0 Å². The molecule has 0 aliphatic rings. The molecule has 0 aromatic carbocycles. The average Bonchev–Trinajstić information content (AvgIpc) is 2.25. The van der Waals surface area contributed by atoms with Gasteiger partial charge in [-0.2, -0.15) is 0 Å². The van der Waals surface area contributed by atoms with Crippen LogP contribution in [-0.2, 0) is 4.74 Å². The molecule has 0 aliphatic heterocycles. The van der Waals surface area contributed by atoms with E-state index in [1.165, 1.54) is 12.8 Å². The van der Waals surface area contributed by atoms with Gasteiger partial charge in [-0.05, 0) is 32.9 Å². The van der Waals surface area contributed by atoms with Crippen LogP contribution < -0.4 is 5.32 Å². The Balaban J connectivity index is 3.33. The van der Waals surface area contributed by atoms with Gasteiger partial charge in [0.25, 0.3) is 0 Å². The van der Waals surface area contributed by atoms with E-state index in [9.17, 15) is 0 Å². The zero-order valence-electron chi connectivity index (χ0n) is 10.9. The molecule has 1 N–H and O–H groups in total. The van der Waals surface area contributed by atoms with Gasteiger partial charge in [0.15, 0.2) is 0 Å². The van der Waals surface area contributed by atoms with E-state index in [4.69, 9.17) is 4.74 Å². The van der Waals surface area contributed by atoms with Gasteiger partial charge in [-0.1, -0.05) is 13.8 Å². The van der Waals surface area contributed by atoms with E-state index in [2.05, 4.69) is 31.1 Å². The second-order valence-electron chi connectivity index (χ2n) is 4.05. The van der Waals surface area contributed by atoms with Crippen LogP contribution in [0.15, 0.2) is 0 Å². The molecule has 0 rings (SSSR count). The summed E-state index contributed by atoms with van der Waals surface area (Å²) >= 11 is 0. The molecule has 0 aromatic rings. The van der Waals surface area contributed by atoms with Gasteiger partial charge in [-0.15, -0.1) is 0 Å². The minimum Gasteiger partial charge on any atom is -0.385 e. The van der Waals surface area contributed by atoms with Crippen molar-refractivity contribution >= 4 is 0 Å². The standard InChI is InChI=1S/C12H28N2O/c1-5-12(6-2)14(3)10-9-13-8-7-11-15-4/h12-13H,5-11H2,1-4H3. The van der Waals surface area contributed by atoms with Crippen molar-refractivity contribution in [3.8, 4) is 0 Å². The fourth-order valence-corrected chi connectivity index (χ4v) is 1.82. The van der Waals surface area contributed by atoms with E-state index in [1.54, 1.807) is 7.11 Å². The summed E-state index contributed by atoms with van der Waals surface area (Å²) in [6.07, 6.45) is 3.60. The number of ether oxygens (including phenoxy) is 1. The minimum atomic E-state index is 0.741. The molecular formula is C12H28N2O. The second kappa shape index (κ2) is 10.4. The quantitative estimate of drug-likeness (QED) is 0.563. The van der Waals surface area contributed by atoms with Gasteiger partial charge >= 0.3 is 0 Å². The lowest BCUT2D eigenvalue weighted by atomic mass is 10.1. The molecule has 0 spiro atoms. The van der Waals surface area contributed by atoms with Crippen LogP contribution in [0.4, 0.5) is 0 Å². The molecule has 0 radical (unpaired) electrons. The van der Waals surface area contributed by atoms with Crippen molar-refractivity contribution in [1.29, 1.82) is 0 Å². The molecule has 0 atom stereocenters. The highest BCUT2D eigenvalue weighted by atomic mass is 16.5. The lowest BCUT2D eigenvalue weighted by molar-refractivity contribution is 0.192. The molecule has 0 saturated carbocycles. The molecule has 3 nitrogen and oxygen atoms in total. The van der Waals surface area contributed by atoms with Gasteiger partial charge < -0.3 is 15.0 Å². The molecule has 3 heteroatoms. The van der Waals surface area contributed by atoms with E-state index in [0.717, 1.165) is 38.7 Å². The van der Waals surface area contributed by atoms with Crippen LogP contribution in [0.5, 0.6) is 0 Å². The summed E-state index contributed by atoms with van der Waals surface area (Å²) in [5, 5.41) is 3.43. The summed E-state index contributed by atoms with van der Waals surface area (Å²) in [5.74, 6) is 0. The van der Waals surface area contributed by atoms with Crippen molar-refractivity contribution in [3.05, 3.63) is 0 Å². The van der Waals surface area contributed by atoms with Gasteiger partial charge in [0.1, 0.15) is 0 Å². The lowest BCUT2D eigenvalue weighted by Gasteiger charge is -2.26. The topological polar surface area (TPSA) is 24.5 Å². The SMILES string of the molecule is CCC(CC)N(C)CCNCCCOC. The molecule has 0 fully saturated rings. The summed E-state index contributed by atoms with van der Waals surface area (Å²) in [4.78, 5) is 2.45. The number of methoxy groups -OCH3 is 1. The highest BCUT2D eigenvalue weighted by molar-refractivity contribution is 4.65. The number of hydrogen-bond donors (Lipinski definition) is 1. The van der Waals surface area contributed by atoms with Crippen molar-refractivity contribution in [2.24, 2.45) is 0 Å². The zero-order chi connectivity index (χ0) is 11.5. The first-order valence-electron chi connectivity index (χ1n) is 6.16. The Labute approximate surface area is 95.2 Å². The fourth-order valence-electron chi connectivity index (χ4n) is 1.82. The maximum Gasteiger partial charge on any atom is 0.0474 e. The minimum absolute atomic E-state index is 0.741. The smallest absolute Gasteiger partial charge is 0.0474 e. The van der Waals surface area contributed by atoms with Crippen molar-refractivity contribution in [2.45, 2.75) is 39.2 Å². The third-order valence-corrected chi connectivity index (χ3v) is 2.91. The van der Waals surface area contributed by atoms with Gasteiger partial charge in [-0.25, -0.2) is 0 Å². The monoisotopic (exact) mass is 216 g/mol. The number of likely N-dealkylation sites (N-methyl/N-ethyl adjacent to an activating group) is 1. The van der Waals surface area contributed by atoms with Crippen molar-refractivity contribution in [2.75, 3.05) is 40.4 Å². The van der Waals surface area contributed by atoms with Crippen molar-refractivity contribution in [1.82, 2.24) is 10.2 Å². The highest BCUT2D eigenvalue weighted by Gasteiger charge is 2.08. The Morgan fingerprint density at radius 3 is 2.40 bits per heavy atom. The molecular weight excluding hydrogens is 188 g/mol. The molecule has 0 bridgehead atoms. The number of nitrogens with zero attached hydrogens (tertiary/aromatic N) is 1. The Hall–Kier alpha value is -0.120. The summed E-state index contributed by atoms with van der Waals surface area (Å²) < 4.78 is 4.99. The maximum atomic E-state index is 4.99. The van der Waals surface area contributed by atoms with Crippen molar-refractivity contribution in [3.63, 3.8) is 0 Å². The van der Waals surface area contributed by atoms with Crippen LogP contribution in [0.1, 0.15) is 33.1 Å². The third-order valence-electron chi connectivity index (χ3n) is 2.91. The Morgan fingerprint density at radius 1 is 1.20 bits per heavy atom. The number of rotatable bonds is 10. The van der Waals surface area contributed by atoms with Crippen LogP contribution in [0.3, 0.4) is 0 Å². The molecule has 0 heterocycles. The Bertz CT molecular complexity index is 127. The normalized spacial score (nSPS) is 11.6. The van der Waals surface area contributed by atoms with Crippen LogP contribution in [0.25, 0.3) is 0 Å². The van der Waals surface area contributed by atoms with E-state index >= 15 is 0 Å². The van der Waals surface area contributed by atoms with Gasteiger partial charge in [-0.3, -0.25) is 0 Å². The first kappa shape index (κ1) is 14.9. The van der Waals surface area contributed by atoms with E-state index in [-0.39, 0.29) is 0 Å². The predicted molar refractivity (Wildman–Crippen MR) is 66.4 cm³/mol. The average molecular weight is 216 g/mol. The Morgan fingerprint density at radius 2 is 1.87 bits per heavy atom. The fraction of sp³-hybridized carbons (Fsp3) is 1.00. The second-order valence-corrected chi connectivity index (χ2v) is 4.05. The van der Waals surface area contributed by atoms with Gasteiger partial charge in [0.05, 0.1) is 0 Å². The molecule has 0 unspecified atom stereocenters. The molecule has 92 valence electrons. The first-order chi connectivity index (χ1) is 7.26. The highest BCUT2D eigenvalue weighted by Crippen LogP contribution is 2.04. The summed E-state index contributed by atoms with van der Waals surface area (Å²) in [6, 6.07) is 0.741. The van der Waals surface area contributed by atoms with Gasteiger partial charge in [0.2, 0.25) is 0 Å². The van der Waals surface area contributed by atoms with E-state index in [0.29, 0.717) is 0 Å². The molecule has 0 aliphatic carbocycles. The lowest BCUT2D eigenvalue weighted by Crippen LogP contribution is -2.36. The van der Waals surface area contributed by atoms with Crippen LogP contribution in [-0.4, -0.2) is 51.3 Å².